The van der Waals surface area contributed by atoms with Gasteiger partial charge in [-0.3, -0.25) is 14.5 Å². The summed E-state index contributed by atoms with van der Waals surface area (Å²) in [6.45, 7) is 3.11. The topological polar surface area (TPSA) is 87.5 Å². The number of nitrogens with zero attached hydrogens (tertiary/aromatic N) is 2. The monoisotopic (exact) mass is 410 g/mol. The van der Waals surface area contributed by atoms with Crippen LogP contribution in [0.1, 0.15) is 48.2 Å². The summed E-state index contributed by atoms with van der Waals surface area (Å²) in [7, 11) is 2.04. The number of rotatable bonds is 8. The maximum atomic E-state index is 12.9. The zero-order valence-corrected chi connectivity index (χ0v) is 17.7. The van der Waals surface area contributed by atoms with E-state index < -0.39 is 0 Å². The van der Waals surface area contributed by atoms with Gasteiger partial charge in [-0.15, -0.1) is 0 Å². The predicted octanol–water partition coefficient (Wildman–Crippen LogP) is 2.76. The molecule has 0 unspecified atom stereocenters. The van der Waals surface area contributed by atoms with Crippen LogP contribution in [0, 0.1) is 12.8 Å². The van der Waals surface area contributed by atoms with Crippen LogP contribution in [-0.4, -0.2) is 54.1 Å². The standard InChI is InChI=1S/C23H30N4O3/c1-15-21(22(26-30-15)17-6-4-3-5-7-17)23(29)25-14-19-11-10-18(27(19)2)12-20(28)24-13-16-8-9-16/h3-7,16,18-19H,8-14H2,1-2H3,(H,24,28)(H,25,29)/t18-,19+/m1/s1. The van der Waals surface area contributed by atoms with Crippen molar-refractivity contribution in [1.29, 1.82) is 0 Å². The van der Waals surface area contributed by atoms with Gasteiger partial charge in [0, 0.05) is 37.2 Å². The zero-order chi connectivity index (χ0) is 21.1. The fraction of sp³-hybridized carbons (Fsp3) is 0.522. The maximum absolute atomic E-state index is 12.9. The number of likely N-dealkylation sites (N-methyl/N-ethyl adjacent to an activating group) is 1. The molecule has 2 amide bonds. The molecule has 2 heterocycles. The van der Waals surface area contributed by atoms with Crippen molar-refractivity contribution in [1.82, 2.24) is 20.7 Å². The first kappa shape index (κ1) is 20.6. The van der Waals surface area contributed by atoms with Crippen molar-refractivity contribution in [2.24, 2.45) is 5.92 Å². The lowest BCUT2D eigenvalue weighted by Crippen LogP contribution is -2.42. The van der Waals surface area contributed by atoms with E-state index in [1.165, 1.54) is 12.8 Å². The van der Waals surface area contributed by atoms with Gasteiger partial charge in [0.05, 0.1) is 0 Å². The molecule has 7 heteroatoms. The van der Waals surface area contributed by atoms with E-state index in [1.54, 1.807) is 6.92 Å². The molecule has 0 spiro atoms. The predicted molar refractivity (Wildman–Crippen MR) is 114 cm³/mol. The van der Waals surface area contributed by atoms with E-state index in [0.717, 1.165) is 24.9 Å². The number of benzene rings is 1. The number of aromatic nitrogens is 1. The van der Waals surface area contributed by atoms with E-state index in [4.69, 9.17) is 4.52 Å². The lowest BCUT2D eigenvalue weighted by molar-refractivity contribution is -0.122. The molecule has 7 nitrogen and oxygen atoms in total. The number of hydrogen-bond donors (Lipinski definition) is 2. The van der Waals surface area contributed by atoms with Gasteiger partial charge < -0.3 is 15.2 Å². The van der Waals surface area contributed by atoms with Gasteiger partial charge in [-0.2, -0.15) is 0 Å². The van der Waals surface area contributed by atoms with Crippen molar-refractivity contribution < 1.29 is 14.1 Å². The molecule has 0 bridgehead atoms. The number of aryl methyl sites for hydroxylation is 1. The van der Waals surface area contributed by atoms with Gasteiger partial charge in [0.15, 0.2) is 0 Å². The molecular weight excluding hydrogens is 380 g/mol. The average molecular weight is 411 g/mol. The fourth-order valence-electron chi connectivity index (χ4n) is 4.18. The molecule has 2 aromatic rings. The van der Waals surface area contributed by atoms with Crippen LogP contribution >= 0.6 is 0 Å². The third-order valence-corrected chi connectivity index (χ3v) is 6.33. The van der Waals surface area contributed by atoms with Gasteiger partial charge in [0.1, 0.15) is 17.0 Å². The van der Waals surface area contributed by atoms with E-state index >= 15 is 0 Å². The molecule has 1 aliphatic heterocycles. The van der Waals surface area contributed by atoms with Crippen LogP contribution in [0.4, 0.5) is 0 Å². The normalized spacial score (nSPS) is 21.5. The highest BCUT2D eigenvalue weighted by Gasteiger charge is 2.33. The first-order valence-electron chi connectivity index (χ1n) is 10.8. The quantitative estimate of drug-likeness (QED) is 0.699. The van der Waals surface area contributed by atoms with Gasteiger partial charge in [-0.25, -0.2) is 0 Å². The second-order valence-corrected chi connectivity index (χ2v) is 8.54. The first-order chi connectivity index (χ1) is 14.5. The summed E-state index contributed by atoms with van der Waals surface area (Å²) in [5.74, 6) is 1.17. The summed E-state index contributed by atoms with van der Waals surface area (Å²) in [6.07, 6.45) is 4.93. The van der Waals surface area contributed by atoms with Crippen LogP contribution < -0.4 is 10.6 Å². The van der Waals surface area contributed by atoms with Crippen LogP contribution in [0.5, 0.6) is 0 Å². The fourth-order valence-corrected chi connectivity index (χ4v) is 4.18. The minimum Gasteiger partial charge on any atom is -0.360 e. The van der Waals surface area contributed by atoms with Crippen molar-refractivity contribution in [3.05, 3.63) is 41.7 Å². The zero-order valence-electron chi connectivity index (χ0n) is 17.7. The van der Waals surface area contributed by atoms with Crippen LogP contribution in [-0.2, 0) is 4.79 Å². The summed E-state index contributed by atoms with van der Waals surface area (Å²) in [5.41, 5.74) is 1.91. The third kappa shape index (κ3) is 4.73. The number of carbonyl (C=O) groups excluding carboxylic acids is 2. The lowest BCUT2D eigenvalue weighted by Gasteiger charge is -2.25. The molecule has 30 heavy (non-hydrogen) atoms. The first-order valence-corrected chi connectivity index (χ1v) is 10.8. The van der Waals surface area contributed by atoms with Crippen molar-refractivity contribution in [2.75, 3.05) is 20.1 Å². The van der Waals surface area contributed by atoms with Crippen LogP contribution in [0.3, 0.4) is 0 Å². The highest BCUT2D eigenvalue weighted by molar-refractivity contribution is 6.00. The molecule has 2 aliphatic rings. The second kappa shape index (κ2) is 9.00. The average Bonchev–Trinajstić information content (AvgIpc) is 3.42. The summed E-state index contributed by atoms with van der Waals surface area (Å²) in [4.78, 5) is 27.3. The van der Waals surface area contributed by atoms with E-state index in [9.17, 15) is 9.59 Å². The molecule has 1 aliphatic carbocycles. The Balaban J connectivity index is 1.31. The highest BCUT2D eigenvalue weighted by Crippen LogP contribution is 2.28. The molecule has 1 aromatic carbocycles. The van der Waals surface area contributed by atoms with Gasteiger partial charge in [0.2, 0.25) is 5.91 Å². The van der Waals surface area contributed by atoms with E-state index in [2.05, 4.69) is 20.7 Å². The molecule has 1 saturated carbocycles. The van der Waals surface area contributed by atoms with Gasteiger partial charge >= 0.3 is 0 Å². The SMILES string of the molecule is Cc1onc(-c2ccccc2)c1C(=O)NC[C@@H]1CC[C@H](CC(=O)NCC2CC2)N1C. The molecular formula is C23H30N4O3. The molecule has 4 rings (SSSR count). The highest BCUT2D eigenvalue weighted by atomic mass is 16.5. The summed E-state index contributed by atoms with van der Waals surface area (Å²) in [6, 6.07) is 10.0. The van der Waals surface area contributed by atoms with Gasteiger partial charge in [0.25, 0.3) is 5.91 Å². The number of carbonyl (C=O) groups is 2. The minimum atomic E-state index is -0.174. The lowest BCUT2D eigenvalue weighted by atomic mass is 10.1. The largest absolute Gasteiger partial charge is 0.360 e. The summed E-state index contributed by atoms with van der Waals surface area (Å²) < 4.78 is 5.30. The van der Waals surface area contributed by atoms with Crippen molar-refractivity contribution in [3.8, 4) is 11.3 Å². The second-order valence-electron chi connectivity index (χ2n) is 8.54. The molecule has 1 saturated heterocycles. The van der Waals surface area contributed by atoms with Crippen molar-refractivity contribution >= 4 is 11.8 Å². The Morgan fingerprint density at radius 3 is 2.53 bits per heavy atom. The Kier molecular flexibility index (Phi) is 6.18. The van der Waals surface area contributed by atoms with Crippen LogP contribution in [0.2, 0.25) is 0 Å². The van der Waals surface area contributed by atoms with E-state index in [0.29, 0.717) is 35.9 Å². The Bertz CT molecular complexity index is 891. The Hall–Kier alpha value is -2.67. The summed E-state index contributed by atoms with van der Waals surface area (Å²) >= 11 is 0. The third-order valence-electron chi connectivity index (χ3n) is 6.33. The minimum absolute atomic E-state index is 0.135. The molecule has 1 aromatic heterocycles. The van der Waals surface area contributed by atoms with Crippen LogP contribution in [0.25, 0.3) is 11.3 Å². The van der Waals surface area contributed by atoms with E-state index in [1.807, 2.05) is 37.4 Å². The number of amides is 2. The Labute approximate surface area is 177 Å². The van der Waals surface area contributed by atoms with Gasteiger partial charge in [-0.1, -0.05) is 35.5 Å². The maximum Gasteiger partial charge on any atom is 0.257 e. The smallest absolute Gasteiger partial charge is 0.257 e. The van der Waals surface area contributed by atoms with Gasteiger partial charge in [-0.05, 0) is 45.6 Å². The number of hydrogen-bond acceptors (Lipinski definition) is 5. The number of nitrogens with one attached hydrogen (secondary N) is 2. The Morgan fingerprint density at radius 2 is 1.80 bits per heavy atom. The molecule has 2 fully saturated rings. The molecule has 160 valence electrons. The number of likely N-dealkylation sites (tertiary alicyclic amines) is 1. The van der Waals surface area contributed by atoms with Crippen LogP contribution in [0.15, 0.2) is 34.9 Å². The molecule has 2 N–H and O–H groups in total. The Morgan fingerprint density at radius 1 is 1.07 bits per heavy atom. The molecule has 2 atom stereocenters. The summed E-state index contributed by atoms with van der Waals surface area (Å²) in [5, 5.41) is 10.2. The molecule has 0 radical (unpaired) electrons. The van der Waals surface area contributed by atoms with Crippen molar-refractivity contribution in [3.63, 3.8) is 0 Å². The van der Waals surface area contributed by atoms with Crippen molar-refractivity contribution in [2.45, 2.75) is 51.1 Å². The van der Waals surface area contributed by atoms with E-state index in [-0.39, 0.29) is 23.9 Å².